The van der Waals surface area contributed by atoms with Gasteiger partial charge in [0.1, 0.15) is 0 Å². The molecule has 2 N–H and O–H groups in total. The third kappa shape index (κ3) is 3.33. The topological polar surface area (TPSA) is 29.3 Å². The fourth-order valence-electron chi connectivity index (χ4n) is 4.39. The summed E-state index contributed by atoms with van der Waals surface area (Å²) in [5.74, 6) is 1.63. The average molecular weight is 266 g/mol. The second-order valence-corrected chi connectivity index (χ2v) is 7.32. The van der Waals surface area contributed by atoms with Gasteiger partial charge in [-0.25, -0.2) is 0 Å². The Morgan fingerprint density at radius 1 is 1.16 bits per heavy atom. The summed E-state index contributed by atoms with van der Waals surface area (Å²) < 4.78 is 0. The molecule has 2 nitrogen and oxygen atoms in total. The summed E-state index contributed by atoms with van der Waals surface area (Å²) in [6.07, 6.45) is 10.8. The van der Waals surface area contributed by atoms with Crippen LogP contribution in [0.25, 0.3) is 0 Å². The summed E-state index contributed by atoms with van der Waals surface area (Å²) >= 11 is 0. The SMILES string of the molecule is CCC(C)(C(N)C1CCCC(C)C1)N1CCCCC1. The Bertz CT molecular complexity index is 272. The van der Waals surface area contributed by atoms with Crippen molar-refractivity contribution in [1.29, 1.82) is 0 Å². The molecule has 19 heavy (non-hydrogen) atoms. The Morgan fingerprint density at radius 3 is 2.42 bits per heavy atom. The Balaban J connectivity index is 2.05. The van der Waals surface area contributed by atoms with E-state index in [0.717, 1.165) is 11.8 Å². The van der Waals surface area contributed by atoms with E-state index in [0.29, 0.717) is 6.04 Å². The summed E-state index contributed by atoms with van der Waals surface area (Å²) in [7, 11) is 0. The highest BCUT2D eigenvalue weighted by Crippen LogP contribution is 2.37. The van der Waals surface area contributed by atoms with Crippen LogP contribution in [-0.2, 0) is 0 Å². The molecule has 2 rings (SSSR count). The highest BCUT2D eigenvalue weighted by atomic mass is 15.2. The molecule has 0 amide bonds. The molecule has 0 aromatic rings. The van der Waals surface area contributed by atoms with Crippen molar-refractivity contribution in [3.05, 3.63) is 0 Å². The molecular formula is C17H34N2. The monoisotopic (exact) mass is 266 g/mol. The number of rotatable bonds is 4. The Hall–Kier alpha value is -0.0800. The van der Waals surface area contributed by atoms with Crippen LogP contribution in [-0.4, -0.2) is 29.6 Å². The Kier molecular flexibility index (Phi) is 5.30. The van der Waals surface area contributed by atoms with Gasteiger partial charge in [-0.15, -0.1) is 0 Å². The minimum Gasteiger partial charge on any atom is -0.326 e. The van der Waals surface area contributed by atoms with Gasteiger partial charge in [-0.05, 0) is 64.0 Å². The molecule has 2 heteroatoms. The van der Waals surface area contributed by atoms with Crippen LogP contribution in [0.15, 0.2) is 0 Å². The van der Waals surface area contributed by atoms with E-state index in [1.807, 2.05) is 0 Å². The zero-order valence-corrected chi connectivity index (χ0v) is 13.3. The van der Waals surface area contributed by atoms with E-state index in [9.17, 15) is 0 Å². The molecule has 0 bridgehead atoms. The molecule has 0 aromatic carbocycles. The molecule has 1 saturated heterocycles. The third-order valence-corrected chi connectivity index (χ3v) is 6.00. The van der Waals surface area contributed by atoms with Crippen molar-refractivity contribution in [1.82, 2.24) is 4.90 Å². The lowest BCUT2D eigenvalue weighted by molar-refractivity contribution is 0.0263. The molecule has 0 spiro atoms. The van der Waals surface area contributed by atoms with Crippen molar-refractivity contribution in [3.8, 4) is 0 Å². The van der Waals surface area contributed by atoms with E-state index in [2.05, 4.69) is 25.7 Å². The predicted molar refractivity (Wildman–Crippen MR) is 83.2 cm³/mol. The molecule has 1 aliphatic carbocycles. The lowest BCUT2D eigenvalue weighted by atomic mass is 9.71. The second-order valence-electron chi connectivity index (χ2n) is 7.32. The highest BCUT2D eigenvalue weighted by Gasteiger charge is 2.41. The van der Waals surface area contributed by atoms with Crippen molar-refractivity contribution < 1.29 is 0 Å². The lowest BCUT2D eigenvalue weighted by Crippen LogP contribution is -2.61. The third-order valence-electron chi connectivity index (χ3n) is 6.00. The van der Waals surface area contributed by atoms with Crippen LogP contribution in [0, 0.1) is 11.8 Å². The number of nitrogens with two attached hydrogens (primary N) is 1. The van der Waals surface area contributed by atoms with Crippen LogP contribution in [0.5, 0.6) is 0 Å². The van der Waals surface area contributed by atoms with Gasteiger partial charge in [0.15, 0.2) is 0 Å². The van der Waals surface area contributed by atoms with Crippen LogP contribution >= 0.6 is 0 Å². The zero-order valence-electron chi connectivity index (χ0n) is 13.3. The number of hydrogen-bond donors (Lipinski definition) is 1. The number of piperidine rings is 1. The molecule has 1 heterocycles. The molecular weight excluding hydrogens is 232 g/mol. The predicted octanol–water partition coefficient (Wildman–Crippen LogP) is 3.79. The van der Waals surface area contributed by atoms with Gasteiger partial charge in [-0.2, -0.15) is 0 Å². The van der Waals surface area contributed by atoms with Crippen molar-refractivity contribution in [2.24, 2.45) is 17.6 Å². The summed E-state index contributed by atoms with van der Waals surface area (Å²) in [6, 6.07) is 0.360. The van der Waals surface area contributed by atoms with Crippen LogP contribution in [0.2, 0.25) is 0 Å². The lowest BCUT2D eigenvalue weighted by Gasteiger charge is -2.50. The molecule has 0 aromatic heterocycles. The Labute approximate surface area is 120 Å². The van der Waals surface area contributed by atoms with E-state index in [4.69, 9.17) is 5.73 Å². The van der Waals surface area contributed by atoms with Gasteiger partial charge in [0.2, 0.25) is 0 Å². The van der Waals surface area contributed by atoms with Gasteiger partial charge >= 0.3 is 0 Å². The second kappa shape index (κ2) is 6.58. The first-order valence-corrected chi connectivity index (χ1v) is 8.58. The summed E-state index contributed by atoms with van der Waals surface area (Å²) in [4.78, 5) is 2.71. The summed E-state index contributed by atoms with van der Waals surface area (Å²) in [5, 5.41) is 0. The van der Waals surface area contributed by atoms with E-state index in [-0.39, 0.29) is 5.54 Å². The van der Waals surface area contributed by atoms with Gasteiger partial charge in [-0.1, -0.05) is 33.1 Å². The van der Waals surface area contributed by atoms with Gasteiger partial charge in [0, 0.05) is 11.6 Å². The van der Waals surface area contributed by atoms with Crippen LogP contribution < -0.4 is 5.73 Å². The maximum Gasteiger partial charge on any atom is 0.0332 e. The fraction of sp³-hybridized carbons (Fsp3) is 1.00. The zero-order chi connectivity index (χ0) is 13.9. The van der Waals surface area contributed by atoms with Gasteiger partial charge in [0.25, 0.3) is 0 Å². The molecule has 0 radical (unpaired) electrons. The molecule has 2 fully saturated rings. The fourth-order valence-corrected chi connectivity index (χ4v) is 4.39. The van der Waals surface area contributed by atoms with Crippen LogP contribution in [0.1, 0.15) is 72.1 Å². The maximum absolute atomic E-state index is 6.79. The average Bonchev–Trinajstić information content (AvgIpc) is 2.46. The normalized spacial score (nSPS) is 34.7. The van der Waals surface area contributed by atoms with Crippen LogP contribution in [0.4, 0.5) is 0 Å². The molecule has 1 saturated carbocycles. The minimum absolute atomic E-state index is 0.224. The van der Waals surface area contributed by atoms with Crippen molar-refractivity contribution >= 4 is 0 Å². The van der Waals surface area contributed by atoms with Gasteiger partial charge in [0.05, 0.1) is 0 Å². The minimum atomic E-state index is 0.224. The maximum atomic E-state index is 6.79. The van der Waals surface area contributed by atoms with Gasteiger partial charge < -0.3 is 5.73 Å². The number of nitrogens with zero attached hydrogens (tertiary/aromatic N) is 1. The largest absolute Gasteiger partial charge is 0.326 e. The smallest absolute Gasteiger partial charge is 0.0332 e. The first-order valence-electron chi connectivity index (χ1n) is 8.58. The van der Waals surface area contributed by atoms with Crippen molar-refractivity contribution in [2.45, 2.75) is 83.7 Å². The molecule has 112 valence electrons. The van der Waals surface area contributed by atoms with E-state index in [1.54, 1.807) is 0 Å². The summed E-state index contributed by atoms with van der Waals surface area (Å²) in [5.41, 5.74) is 7.01. The van der Waals surface area contributed by atoms with Crippen molar-refractivity contribution in [2.75, 3.05) is 13.1 Å². The summed E-state index contributed by atoms with van der Waals surface area (Å²) in [6.45, 7) is 9.70. The number of likely N-dealkylation sites (tertiary alicyclic amines) is 1. The van der Waals surface area contributed by atoms with E-state index >= 15 is 0 Å². The number of hydrogen-bond acceptors (Lipinski definition) is 2. The van der Waals surface area contributed by atoms with Crippen LogP contribution in [0.3, 0.4) is 0 Å². The van der Waals surface area contributed by atoms with Crippen molar-refractivity contribution in [3.63, 3.8) is 0 Å². The molecule has 4 atom stereocenters. The van der Waals surface area contributed by atoms with Gasteiger partial charge in [-0.3, -0.25) is 4.90 Å². The first kappa shape index (κ1) is 15.3. The first-order chi connectivity index (χ1) is 9.08. The van der Waals surface area contributed by atoms with E-state index in [1.165, 1.54) is 64.5 Å². The Morgan fingerprint density at radius 2 is 1.84 bits per heavy atom. The molecule has 1 aliphatic heterocycles. The standard InChI is InChI=1S/C17H34N2/c1-4-17(3,19-11-6-5-7-12-19)16(18)15-10-8-9-14(2)13-15/h14-16H,4-13,18H2,1-3H3. The van der Waals surface area contributed by atoms with E-state index < -0.39 is 0 Å². The molecule has 4 unspecified atom stereocenters. The quantitative estimate of drug-likeness (QED) is 0.838. The highest BCUT2D eigenvalue weighted by molar-refractivity contribution is 4.99. The molecule has 2 aliphatic rings.